The summed E-state index contributed by atoms with van der Waals surface area (Å²) in [6.07, 6.45) is 8.22. The second kappa shape index (κ2) is 10.2. The molecule has 3 aromatic heterocycles. The van der Waals surface area contributed by atoms with Gasteiger partial charge in [-0.2, -0.15) is 10.2 Å². The van der Waals surface area contributed by atoms with Gasteiger partial charge < -0.3 is 4.74 Å². The number of rotatable bonds is 5. The highest BCUT2D eigenvalue weighted by atomic mass is 127. The quantitative estimate of drug-likeness (QED) is 0.244. The first-order valence-corrected chi connectivity index (χ1v) is 13.7. The maximum absolute atomic E-state index is 13.8. The Balaban J connectivity index is 1.61. The molecule has 1 N–H and O–H groups in total. The molecule has 1 amide bonds. The first-order valence-electron chi connectivity index (χ1n) is 12.6. The van der Waals surface area contributed by atoms with Crippen molar-refractivity contribution < 1.29 is 9.53 Å². The zero-order valence-electron chi connectivity index (χ0n) is 22.5. The Bertz CT molecular complexity index is 1560. The molecule has 38 heavy (non-hydrogen) atoms. The fraction of sp³-hybridized carbons (Fsp3) is 0.357. The summed E-state index contributed by atoms with van der Waals surface area (Å²) in [4.78, 5) is 18.3. The number of ether oxygens (including phenoxy) is 1. The molecule has 0 atom stereocenters. The third kappa shape index (κ3) is 4.76. The van der Waals surface area contributed by atoms with Crippen molar-refractivity contribution in [2.45, 2.75) is 46.6 Å². The monoisotopic (exact) mass is 625 g/mol. The number of aryl methyl sites for hydroxylation is 2. The van der Waals surface area contributed by atoms with E-state index in [0.717, 1.165) is 49.4 Å². The highest BCUT2D eigenvalue weighted by molar-refractivity contribution is 14.1. The van der Waals surface area contributed by atoms with Crippen molar-refractivity contribution >= 4 is 45.4 Å². The summed E-state index contributed by atoms with van der Waals surface area (Å²) < 4.78 is 10.0. The summed E-state index contributed by atoms with van der Waals surface area (Å²) in [7, 11) is 1.75. The highest BCUT2D eigenvalue weighted by Crippen LogP contribution is 2.34. The van der Waals surface area contributed by atoms with Gasteiger partial charge in [-0.25, -0.2) is 19.9 Å². The number of imidazole rings is 1. The molecule has 0 radical (unpaired) electrons. The number of aromatic nitrogens is 5. The summed E-state index contributed by atoms with van der Waals surface area (Å²) in [6.45, 7) is 11.6. The van der Waals surface area contributed by atoms with Crippen LogP contribution in [0.5, 0.6) is 0 Å². The maximum Gasteiger partial charge on any atom is 0.276 e. The molecular weight excluding hydrogens is 593 g/mol. The standard InChI is InChI=1S/C28H32IN7O2/c1-17-13-18(2)24(35(30-6)27(37)22-16-32-36(25(22)29)28(3,4)5)15-20(17)23-14-21(19-7-11-38-12-8-19)26-31-9-10-34(26)33-23/h7,9-10,13-16,30H,8,11-12H2,1-6H3. The van der Waals surface area contributed by atoms with Gasteiger partial charge in [-0.05, 0) is 92.5 Å². The molecule has 0 saturated carbocycles. The lowest BCUT2D eigenvalue weighted by Gasteiger charge is -2.25. The van der Waals surface area contributed by atoms with Crippen LogP contribution in [0.4, 0.5) is 5.69 Å². The Morgan fingerprint density at radius 1 is 1.16 bits per heavy atom. The van der Waals surface area contributed by atoms with Crippen LogP contribution in [0, 0.1) is 17.5 Å². The SMILES string of the molecule is CNN(C(=O)c1cnn(C(C)(C)C)c1I)c1cc(-c2cc(C3=CCOCC3)c3nccn3n2)c(C)cc1C. The van der Waals surface area contributed by atoms with Gasteiger partial charge in [0.2, 0.25) is 0 Å². The lowest BCUT2D eigenvalue weighted by Crippen LogP contribution is -2.41. The van der Waals surface area contributed by atoms with Gasteiger partial charge in [-0.15, -0.1) is 0 Å². The Kier molecular flexibility index (Phi) is 7.14. The lowest BCUT2D eigenvalue weighted by molar-refractivity contribution is 0.0975. The van der Waals surface area contributed by atoms with Gasteiger partial charge in [-0.3, -0.25) is 9.48 Å². The molecule has 0 saturated heterocycles. The normalized spacial score (nSPS) is 14.1. The van der Waals surface area contributed by atoms with Crippen molar-refractivity contribution in [1.82, 2.24) is 29.8 Å². The van der Waals surface area contributed by atoms with Gasteiger partial charge in [0.05, 0.1) is 41.9 Å². The van der Waals surface area contributed by atoms with Crippen LogP contribution in [0.15, 0.2) is 42.9 Å². The van der Waals surface area contributed by atoms with E-state index in [4.69, 9.17) is 9.84 Å². The molecule has 10 heteroatoms. The Morgan fingerprint density at radius 2 is 1.95 bits per heavy atom. The second-order valence-electron chi connectivity index (χ2n) is 10.4. The number of carbonyl (C=O) groups is 1. The van der Waals surface area contributed by atoms with E-state index < -0.39 is 0 Å². The van der Waals surface area contributed by atoms with Gasteiger partial charge in [0.15, 0.2) is 5.65 Å². The average Bonchev–Trinajstić information content (AvgIpc) is 3.52. The van der Waals surface area contributed by atoms with Crippen molar-refractivity contribution in [2.75, 3.05) is 25.3 Å². The van der Waals surface area contributed by atoms with Crippen LogP contribution in [0.25, 0.3) is 22.5 Å². The number of hydrogen-bond donors (Lipinski definition) is 1. The van der Waals surface area contributed by atoms with Gasteiger partial charge in [0.25, 0.3) is 5.91 Å². The number of anilines is 1. The molecule has 1 aromatic carbocycles. The van der Waals surface area contributed by atoms with Crippen LogP contribution in [-0.4, -0.2) is 50.5 Å². The van der Waals surface area contributed by atoms with Crippen molar-refractivity contribution in [1.29, 1.82) is 0 Å². The van der Waals surface area contributed by atoms with E-state index in [1.54, 1.807) is 24.5 Å². The van der Waals surface area contributed by atoms with E-state index in [0.29, 0.717) is 18.8 Å². The fourth-order valence-electron chi connectivity index (χ4n) is 4.81. The summed E-state index contributed by atoms with van der Waals surface area (Å²) >= 11 is 2.20. The minimum absolute atomic E-state index is 0.170. The van der Waals surface area contributed by atoms with Crippen molar-refractivity contribution in [3.05, 3.63) is 68.8 Å². The smallest absolute Gasteiger partial charge is 0.276 e. The molecule has 198 valence electrons. The van der Waals surface area contributed by atoms with Crippen molar-refractivity contribution in [3.63, 3.8) is 0 Å². The van der Waals surface area contributed by atoms with Gasteiger partial charge in [-0.1, -0.05) is 12.1 Å². The van der Waals surface area contributed by atoms with E-state index >= 15 is 0 Å². The maximum atomic E-state index is 13.8. The van der Waals surface area contributed by atoms with Crippen LogP contribution in [0.1, 0.15) is 54.2 Å². The number of carbonyl (C=O) groups excluding carboxylic acids is 1. The highest BCUT2D eigenvalue weighted by Gasteiger charge is 2.27. The van der Waals surface area contributed by atoms with Crippen LogP contribution < -0.4 is 10.4 Å². The van der Waals surface area contributed by atoms with Crippen LogP contribution in [0.2, 0.25) is 0 Å². The third-order valence-electron chi connectivity index (χ3n) is 6.73. The molecular formula is C28H32IN7O2. The molecule has 0 aliphatic carbocycles. The third-order valence-corrected chi connectivity index (χ3v) is 7.77. The first kappa shape index (κ1) is 26.5. The predicted molar refractivity (Wildman–Crippen MR) is 157 cm³/mol. The molecule has 1 aliphatic heterocycles. The average molecular weight is 626 g/mol. The molecule has 4 aromatic rings. The summed E-state index contributed by atoms with van der Waals surface area (Å²) in [5.41, 5.74) is 11.1. The van der Waals surface area contributed by atoms with E-state index in [2.05, 4.69) is 84.0 Å². The van der Waals surface area contributed by atoms with E-state index in [1.807, 2.05) is 28.4 Å². The second-order valence-corrected chi connectivity index (χ2v) is 11.5. The number of halogens is 1. The Morgan fingerprint density at radius 3 is 2.61 bits per heavy atom. The molecule has 0 fully saturated rings. The fourth-order valence-corrected chi connectivity index (χ4v) is 6.03. The van der Waals surface area contributed by atoms with Gasteiger partial charge in [0, 0.05) is 30.6 Å². The molecule has 0 spiro atoms. The largest absolute Gasteiger partial charge is 0.377 e. The van der Waals surface area contributed by atoms with Crippen LogP contribution >= 0.6 is 22.6 Å². The molecule has 0 unspecified atom stereocenters. The van der Waals surface area contributed by atoms with E-state index in [1.165, 1.54) is 5.57 Å². The minimum Gasteiger partial charge on any atom is -0.377 e. The Hall–Kier alpha value is -3.09. The zero-order valence-corrected chi connectivity index (χ0v) is 24.7. The minimum atomic E-state index is -0.234. The number of hydrazine groups is 1. The number of benzene rings is 1. The van der Waals surface area contributed by atoms with Gasteiger partial charge >= 0.3 is 0 Å². The molecule has 0 bridgehead atoms. The summed E-state index contributed by atoms with van der Waals surface area (Å²) in [6, 6.07) is 6.23. The van der Waals surface area contributed by atoms with Crippen LogP contribution in [-0.2, 0) is 10.3 Å². The van der Waals surface area contributed by atoms with Gasteiger partial charge in [0.1, 0.15) is 3.70 Å². The zero-order chi connectivity index (χ0) is 27.2. The molecule has 5 rings (SSSR count). The number of amides is 1. The molecule has 9 nitrogen and oxygen atoms in total. The lowest BCUT2D eigenvalue weighted by atomic mass is 9.97. The number of fused-ring (bicyclic) bond motifs is 1. The Labute approximate surface area is 236 Å². The van der Waals surface area contributed by atoms with E-state index in [-0.39, 0.29) is 11.4 Å². The number of nitrogens with zero attached hydrogens (tertiary/aromatic N) is 6. The van der Waals surface area contributed by atoms with Crippen molar-refractivity contribution in [2.24, 2.45) is 0 Å². The number of nitrogens with one attached hydrogen (secondary N) is 1. The first-order chi connectivity index (χ1) is 18.1. The predicted octanol–water partition coefficient (Wildman–Crippen LogP) is 5.15. The number of hydrogen-bond acceptors (Lipinski definition) is 6. The van der Waals surface area contributed by atoms with Crippen molar-refractivity contribution in [3.8, 4) is 11.3 Å². The van der Waals surface area contributed by atoms with E-state index in [9.17, 15) is 4.79 Å². The summed E-state index contributed by atoms with van der Waals surface area (Å²) in [5, 5.41) is 11.0. The topological polar surface area (TPSA) is 89.6 Å². The summed E-state index contributed by atoms with van der Waals surface area (Å²) in [5.74, 6) is -0.170. The molecule has 4 heterocycles. The van der Waals surface area contributed by atoms with Crippen LogP contribution in [0.3, 0.4) is 0 Å². The molecule has 1 aliphatic rings.